The van der Waals surface area contributed by atoms with E-state index < -0.39 is 0 Å². The maximum Gasteiger partial charge on any atom is 0.240 e. The monoisotopic (exact) mass is 306 g/mol. The van der Waals surface area contributed by atoms with Crippen LogP contribution in [0.5, 0.6) is 0 Å². The lowest BCUT2D eigenvalue weighted by atomic mass is 9.93. The highest BCUT2D eigenvalue weighted by Gasteiger charge is 2.14. The van der Waals surface area contributed by atoms with Gasteiger partial charge < -0.3 is 0 Å². The molecule has 0 aromatic heterocycles. The zero-order valence-corrected chi connectivity index (χ0v) is 13.7. The highest BCUT2D eigenvalue weighted by atomic mass is 16.1. The van der Waals surface area contributed by atoms with Crippen molar-refractivity contribution in [2.75, 3.05) is 0 Å². The van der Waals surface area contributed by atoms with E-state index in [4.69, 9.17) is 0 Å². The number of aliphatic imine (C=N–C) groups is 2. The first-order chi connectivity index (χ1) is 11.0. The molecule has 0 saturated heterocycles. The van der Waals surface area contributed by atoms with E-state index in [1.54, 1.807) is 6.08 Å². The van der Waals surface area contributed by atoms with E-state index in [2.05, 4.69) is 42.0 Å². The Bertz CT molecular complexity index is 856. The molecule has 0 unspecified atom stereocenters. The minimum absolute atomic E-state index is 0.380. The molecule has 4 heteroatoms. The van der Waals surface area contributed by atoms with Crippen LogP contribution < -0.4 is 0 Å². The standard InChI is InChI=1S/C19H18N2O2/c1-12-5-6-13(2)16(7-12)9-17-8-14(3)18(20-10-22)19(15(17)4)21-11-23/h5-8H,9H2,1-4H3. The number of benzene rings is 2. The first kappa shape index (κ1) is 16.6. The predicted octanol–water partition coefficient (Wildman–Crippen LogP) is 4.45. The number of hydrogen-bond acceptors (Lipinski definition) is 4. The van der Waals surface area contributed by atoms with Gasteiger partial charge in [-0.3, -0.25) is 0 Å². The fourth-order valence-electron chi connectivity index (χ4n) is 2.70. The van der Waals surface area contributed by atoms with Crippen LogP contribution in [0.15, 0.2) is 34.3 Å². The van der Waals surface area contributed by atoms with Gasteiger partial charge in [-0.1, -0.05) is 29.8 Å². The summed E-state index contributed by atoms with van der Waals surface area (Å²) in [5.41, 5.74) is 7.07. The molecule has 0 spiro atoms. The molecule has 2 aromatic rings. The summed E-state index contributed by atoms with van der Waals surface area (Å²) in [6, 6.07) is 8.32. The quantitative estimate of drug-likeness (QED) is 0.619. The van der Waals surface area contributed by atoms with Gasteiger partial charge in [0, 0.05) is 0 Å². The molecule has 2 aromatic carbocycles. The van der Waals surface area contributed by atoms with E-state index in [9.17, 15) is 9.59 Å². The SMILES string of the molecule is Cc1ccc(C)c(Cc2cc(C)c(N=C=O)c(N=C=O)c2C)c1. The van der Waals surface area contributed by atoms with Gasteiger partial charge in [-0.2, -0.15) is 9.98 Å². The van der Waals surface area contributed by atoms with Gasteiger partial charge in [-0.25, -0.2) is 9.59 Å². The van der Waals surface area contributed by atoms with Crippen LogP contribution in [-0.4, -0.2) is 12.2 Å². The second-order valence-electron chi connectivity index (χ2n) is 5.69. The Morgan fingerprint density at radius 1 is 0.826 bits per heavy atom. The van der Waals surface area contributed by atoms with E-state index in [0.717, 1.165) is 23.1 Å². The topological polar surface area (TPSA) is 58.9 Å². The maximum absolute atomic E-state index is 10.7. The summed E-state index contributed by atoms with van der Waals surface area (Å²) < 4.78 is 0. The molecule has 4 nitrogen and oxygen atoms in total. The summed E-state index contributed by atoms with van der Waals surface area (Å²) in [6.45, 7) is 7.85. The highest BCUT2D eigenvalue weighted by molar-refractivity contribution is 5.76. The van der Waals surface area contributed by atoms with Crippen molar-refractivity contribution in [1.82, 2.24) is 0 Å². The average Bonchev–Trinajstić information content (AvgIpc) is 2.51. The van der Waals surface area contributed by atoms with Crippen molar-refractivity contribution >= 4 is 23.5 Å². The lowest BCUT2D eigenvalue weighted by Gasteiger charge is -2.14. The molecular formula is C19H18N2O2. The molecule has 0 saturated carbocycles. The van der Waals surface area contributed by atoms with Crippen molar-refractivity contribution in [3.8, 4) is 0 Å². The third kappa shape index (κ3) is 3.51. The van der Waals surface area contributed by atoms with Crippen molar-refractivity contribution in [3.05, 3.63) is 57.6 Å². The predicted molar refractivity (Wildman–Crippen MR) is 90.2 cm³/mol. The molecular weight excluding hydrogens is 288 g/mol. The third-order valence-electron chi connectivity index (χ3n) is 4.03. The van der Waals surface area contributed by atoms with Crippen molar-refractivity contribution in [2.24, 2.45) is 9.98 Å². The minimum Gasteiger partial charge on any atom is -0.211 e. The number of rotatable bonds is 4. The molecule has 0 aliphatic heterocycles. The van der Waals surface area contributed by atoms with Crippen molar-refractivity contribution in [3.63, 3.8) is 0 Å². The molecule has 0 bridgehead atoms. The maximum atomic E-state index is 10.7. The minimum atomic E-state index is 0.380. The average molecular weight is 306 g/mol. The zero-order valence-electron chi connectivity index (χ0n) is 13.7. The first-order valence-corrected chi connectivity index (χ1v) is 7.33. The summed E-state index contributed by atoms with van der Waals surface area (Å²) in [5.74, 6) is 0. The van der Waals surface area contributed by atoms with E-state index in [0.29, 0.717) is 11.4 Å². The Balaban J connectivity index is 2.62. The van der Waals surface area contributed by atoms with E-state index >= 15 is 0 Å². The van der Waals surface area contributed by atoms with Crippen LogP contribution in [0.25, 0.3) is 0 Å². The van der Waals surface area contributed by atoms with Gasteiger partial charge in [0.05, 0.1) is 0 Å². The number of nitrogens with zero attached hydrogens (tertiary/aromatic N) is 2. The summed E-state index contributed by atoms with van der Waals surface area (Å²) in [4.78, 5) is 28.8. The number of aryl methyl sites for hydroxylation is 3. The first-order valence-electron chi connectivity index (χ1n) is 7.33. The second kappa shape index (κ2) is 6.97. The number of carbonyl (C=O) groups excluding carboxylic acids is 2. The van der Waals surface area contributed by atoms with Gasteiger partial charge in [0.1, 0.15) is 11.4 Å². The van der Waals surface area contributed by atoms with Gasteiger partial charge in [0.15, 0.2) is 0 Å². The molecule has 0 aliphatic carbocycles. The zero-order chi connectivity index (χ0) is 17.0. The highest BCUT2D eigenvalue weighted by Crippen LogP contribution is 2.37. The smallest absolute Gasteiger partial charge is 0.211 e. The third-order valence-corrected chi connectivity index (χ3v) is 4.03. The van der Waals surface area contributed by atoms with Crippen LogP contribution in [0.2, 0.25) is 0 Å². The Hall–Kier alpha value is -2.80. The van der Waals surface area contributed by atoms with Crippen LogP contribution in [0.3, 0.4) is 0 Å². The van der Waals surface area contributed by atoms with Crippen LogP contribution >= 0.6 is 0 Å². The van der Waals surface area contributed by atoms with Gasteiger partial charge in [-0.15, -0.1) is 0 Å². The summed E-state index contributed by atoms with van der Waals surface area (Å²) >= 11 is 0. The van der Waals surface area contributed by atoms with Gasteiger partial charge in [-0.05, 0) is 61.9 Å². The van der Waals surface area contributed by atoms with Crippen molar-refractivity contribution < 1.29 is 9.59 Å². The number of isocyanates is 2. The van der Waals surface area contributed by atoms with E-state index in [-0.39, 0.29) is 0 Å². The molecule has 0 atom stereocenters. The second-order valence-corrected chi connectivity index (χ2v) is 5.69. The molecule has 0 amide bonds. The molecule has 23 heavy (non-hydrogen) atoms. The summed E-state index contributed by atoms with van der Waals surface area (Å²) in [7, 11) is 0. The van der Waals surface area contributed by atoms with Crippen LogP contribution in [0.1, 0.15) is 33.4 Å². The van der Waals surface area contributed by atoms with E-state index in [1.165, 1.54) is 22.8 Å². The fraction of sp³-hybridized carbons (Fsp3) is 0.263. The summed E-state index contributed by atoms with van der Waals surface area (Å²) in [6.07, 6.45) is 3.80. The van der Waals surface area contributed by atoms with E-state index in [1.807, 2.05) is 19.9 Å². The van der Waals surface area contributed by atoms with Crippen LogP contribution in [0.4, 0.5) is 11.4 Å². The Kier molecular flexibility index (Phi) is 5.02. The van der Waals surface area contributed by atoms with Gasteiger partial charge in [0.25, 0.3) is 0 Å². The van der Waals surface area contributed by atoms with Crippen molar-refractivity contribution in [1.29, 1.82) is 0 Å². The number of hydrogen-bond donors (Lipinski definition) is 0. The lowest BCUT2D eigenvalue weighted by Crippen LogP contribution is -1.97. The molecule has 0 N–H and O–H groups in total. The normalized spacial score (nSPS) is 9.91. The van der Waals surface area contributed by atoms with Gasteiger partial charge in [0.2, 0.25) is 12.2 Å². The Labute approximate surface area is 135 Å². The molecule has 0 heterocycles. The molecule has 2 rings (SSSR count). The Morgan fingerprint density at radius 3 is 2.13 bits per heavy atom. The Morgan fingerprint density at radius 2 is 1.48 bits per heavy atom. The van der Waals surface area contributed by atoms with Crippen LogP contribution in [-0.2, 0) is 16.0 Å². The van der Waals surface area contributed by atoms with Crippen molar-refractivity contribution in [2.45, 2.75) is 34.1 Å². The summed E-state index contributed by atoms with van der Waals surface area (Å²) in [5, 5.41) is 0. The molecule has 0 fully saturated rings. The molecule has 0 aliphatic rings. The lowest BCUT2D eigenvalue weighted by molar-refractivity contribution is 0.564. The largest absolute Gasteiger partial charge is 0.240 e. The fourth-order valence-corrected chi connectivity index (χ4v) is 2.70. The van der Waals surface area contributed by atoms with Crippen LogP contribution in [0, 0.1) is 27.7 Å². The molecule has 116 valence electrons. The molecule has 0 radical (unpaired) electrons. The van der Waals surface area contributed by atoms with Gasteiger partial charge >= 0.3 is 0 Å².